The normalized spacial score (nSPS) is 13.0. The molecule has 0 unspecified atom stereocenters. The van der Waals surface area contributed by atoms with Crippen LogP contribution in [0.2, 0.25) is 0 Å². The largest absolute Gasteiger partial charge is 0.481 e. The van der Waals surface area contributed by atoms with Crippen molar-refractivity contribution in [3.8, 4) is 11.1 Å². The van der Waals surface area contributed by atoms with Crippen molar-refractivity contribution in [2.24, 2.45) is 5.92 Å². The van der Waals surface area contributed by atoms with Gasteiger partial charge in [0.05, 0.1) is 6.42 Å². The number of rotatable bonds is 8. The van der Waals surface area contributed by atoms with Gasteiger partial charge in [-0.3, -0.25) is 9.59 Å². The average molecular weight is 473 g/mol. The van der Waals surface area contributed by atoms with Gasteiger partial charge in [-0.15, -0.1) is 0 Å². The Morgan fingerprint density at radius 3 is 2.00 bits per heavy atom. The van der Waals surface area contributed by atoms with E-state index >= 15 is 0 Å². The molecule has 35 heavy (non-hydrogen) atoms. The summed E-state index contributed by atoms with van der Waals surface area (Å²) in [6.07, 6.45) is -0.746. The number of aliphatic carboxylic acids is 1. The first-order valence-corrected chi connectivity index (χ1v) is 11.6. The number of anilines is 1. The third-order valence-corrected chi connectivity index (χ3v) is 6.14. The van der Waals surface area contributed by atoms with Gasteiger partial charge in [-0.2, -0.15) is 0 Å². The summed E-state index contributed by atoms with van der Waals surface area (Å²) >= 11 is 0. The number of carbonyl (C=O) groups is 3. The van der Waals surface area contributed by atoms with Gasteiger partial charge in [0.15, 0.2) is 0 Å². The van der Waals surface area contributed by atoms with E-state index in [1.165, 1.54) is 0 Å². The molecule has 0 aromatic heterocycles. The van der Waals surface area contributed by atoms with Crippen molar-refractivity contribution >= 4 is 23.7 Å². The molecule has 3 aromatic carbocycles. The second-order valence-electron chi connectivity index (χ2n) is 8.95. The van der Waals surface area contributed by atoms with Crippen LogP contribution in [0.15, 0.2) is 72.8 Å². The minimum atomic E-state index is -0.922. The van der Waals surface area contributed by atoms with E-state index in [9.17, 15) is 14.4 Å². The second kappa shape index (κ2) is 10.4. The highest BCUT2D eigenvalue weighted by Crippen LogP contribution is 2.44. The monoisotopic (exact) mass is 472 g/mol. The molecule has 3 aromatic rings. The lowest BCUT2D eigenvalue weighted by Gasteiger charge is -2.22. The molecule has 0 saturated carbocycles. The molecule has 0 heterocycles. The van der Waals surface area contributed by atoms with Gasteiger partial charge in [-0.05, 0) is 45.9 Å². The number of fused-ring (bicyclic) bond motifs is 3. The number of amides is 2. The molecule has 1 atom stereocenters. The highest BCUT2D eigenvalue weighted by molar-refractivity contribution is 5.96. The summed E-state index contributed by atoms with van der Waals surface area (Å²) in [4.78, 5) is 36.4. The van der Waals surface area contributed by atoms with Crippen molar-refractivity contribution in [2.75, 3.05) is 11.9 Å². The summed E-state index contributed by atoms with van der Waals surface area (Å²) < 4.78 is 5.59. The van der Waals surface area contributed by atoms with Crippen LogP contribution in [-0.2, 0) is 20.7 Å². The molecular weight excluding hydrogens is 444 g/mol. The van der Waals surface area contributed by atoms with Crippen molar-refractivity contribution < 1.29 is 24.2 Å². The van der Waals surface area contributed by atoms with E-state index in [1.54, 1.807) is 24.3 Å². The van der Waals surface area contributed by atoms with Crippen LogP contribution in [0.25, 0.3) is 11.1 Å². The molecule has 7 nitrogen and oxygen atoms in total. The van der Waals surface area contributed by atoms with Crippen LogP contribution in [0.1, 0.15) is 36.5 Å². The third kappa shape index (κ3) is 5.51. The number of carboxylic acid groups (broad SMARTS) is 1. The van der Waals surface area contributed by atoms with Crippen LogP contribution in [0.4, 0.5) is 10.5 Å². The fourth-order valence-corrected chi connectivity index (χ4v) is 4.40. The molecule has 0 fully saturated rings. The lowest BCUT2D eigenvalue weighted by molar-refractivity contribution is -0.136. The Bertz CT molecular complexity index is 1190. The first-order chi connectivity index (χ1) is 16.8. The maximum Gasteiger partial charge on any atom is 0.407 e. The standard InChI is InChI=1S/C28H28N2O5/c1-17(2)26(27(33)29-19-13-11-18(12-14-19)15-25(31)32)30-28(34)35-16-24-22-9-5-3-7-20(22)21-8-4-6-10-23(21)24/h3-14,17,24,26H,15-16H2,1-2H3,(H,29,33)(H,30,34)(H,31,32)/t26-/m1/s1. The van der Waals surface area contributed by atoms with E-state index in [2.05, 4.69) is 22.8 Å². The van der Waals surface area contributed by atoms with E-state index in [1.807, 2.05) is 50.2 Å². The Morgan fingerprint density at radius 2 is 1.46 bits per heavy atom. The topological polar surface area (TPSA) is 105 Å². The first-order valence-electron chi connectivity index (χ1n) is 11.6. The Labute approximate surface area is 204 Å². The molecule has 0 radical (unpaired) electrons. The molecule has 2 amide bonds. The smallest absolute Gasteiger partial charge is 0.407 e. The lowest BCUT2D eigenvalue weighted by Crippen LogP contribution is -2.47. The van der Waals surface area contributed by atoms with E-state index in [0.717, 1.165) is 22.3 Å². The SMILES string of the molecule is CC(C)[C@@H](NC(=O)OCC1c2ccccc2-c2ccccc21)C(=O)Nc1ccc(CC(=O)O)cc1. The predicted octanol–water partition coefficient (Wildman–Crippen LogP) is 4.82. The highest BCUT2D eigenvalue weighted by atomic mass is 16.5. The van der Waals surface area contributed by atoms with Crippen LogP contribution in [0.5, 0.6) is 0 Å². The van der Waals surface area contributed by atoms with Gasteiger partial charge in [0, 0.05) is 11.6 Å². The fourth-order valence-electron chi connectivity index (χ4n) is 4.40. The summed E-state index contributed by atoms with van der Waals surface area (Å²) in [5.74, 6) is -1.54. The van der Waals surface area contributed by atoms with Gasteiger partial charge >= 0.3 is 12.1 Å². The van der Waals surface area contributed by atoms with Crippen molar-refractivity contribution in [1.82, 2.24) is 5.32 Å². The molecule has 4 rings (SSSR count). The van der Waals surface area contributed by atoms with E-state index in [4.69, 9.17) is 9.84 Å². The molecule has 7 heteroatoms. The summed E-state index contributed by atoms with van der Waals surface area (Å²) in [5, 5.41) is 14.4. The number of hydrogen-bond acceptors (Lipinski definition) is 4. The number of alkyl carbamates (subject to hydrolysis) is 1. The van der Waals surface area contributed by atoms with E-state index in [0.29, 0.717) is 11.3 Å². The molecule has 3 N–H and O–H groups in total. The average Bonchev–Trinajstić information content (AvgIpc) is 3.15. The molecule has 180 valence electrons. The van der Waals surface area contributed by atoms with Crippen LogP contribution in [0.3, 0.4) is 0 Å². The zero-order valence-corrected chi connectivity index (χ0v) is 19.7. The Balaban J connectivity index is 1.38. The number of ether oxygens (including phenoxy) is 1. The number of benzene rings is 3. The summed E-state index contributed by atoms with van der Waals surface area (Å²) in [6, 6.07) is 22.0. The molecular formula is C28H28N2O5. The number of nitrogens with one attached hydrogen (secondary N) is 2. The predicted molar refractivity (Wildman–Crippen MR) is 133 cm³/mol. The van der Waals surface area contributed by atoms with E-state index in [-0.39, 0.29) is 30.8 Å². The number of carboxylic acids is 1. The number of carbonyl (C=O) groups excluding carboxylic acids is 2. The minimum Gasteiger partial charge on any atom is -0.481 e. The summed E-state index contributed by atoms with van der Waals surface area (Å²) in [5.41, 5.74) is 5.67. The first kappa shape index (κ1) is 24.0. The molecule has 0 aliphatic heterocycles. The van der Waals surface area contributed by atoms with Crippen molar-refractivity contribution in [1.29, 1.82) is 0 Å². The molecule has 1 aliphatic carbocycles. The van der Waals surface area contributed by atoms with Crippen LogP contribution in [0, 0.1) is 5.92 Å². The van der Waals surface area contributed by atoms with Crippen LogP contribution < -0.4 is 10.6 Å². The van der Waals surface area contributed by atoms with Gasteiger partial charge < -0.3 is 20.5 Å². The highest BCUT2D eigenvalue weighted by Gasteiger charge is 2.30. The van der Waals surface area contributed by atoms with Gasteiger partial charge in [-0.25, -0.2) is 4.79 Å². The van der Waals surface area contributed by atoms with Gasteiger partial charge in [0.25, 0.3) is 0 Å². The van der Waals surface area contributed by atoms with Crippen molar-refractivity contribution in [3.63, 3.8) is 0 Å². The van der Waals surface area contributed by atoms with Crippen LogP contribution in [-0.4, -0.2) is 35.7 Å². The summed E-state index contributed by atoms with van der Waals surface area (Å²) in [6.45, 7) is 3.84. The lowest BCUT2D eigenvalue weighted by atomic mass is 9.98. The Kier molecular flexibility index (Phi) is 7.15. The minimum absolute atomic E-state index is 0.0659. The molecule has 0 spiro atoms. The van der Waals surface area contributed by atoms with Gasteiger partial charge in [-0.1, -0.05) is 74.5 Å². The Morgan fingerprint density at radius 1 is 0.886 bits per heavy atom. The maximum atomic E-state index is 12.9. The fraction of sp³-hybridized carbons (Fsp3) is 0.250. The quantitative estimate of drug-likeness (QED) is 0.436. The maximum absolute atomic E-state index is 12.9. The summed E-state index contributed by atoms with van der Waals surface area (Å²) in [7, 11) is 0. The molecule has 0 bridgehead atoms. The number of hydrogen-bond donors (Lipinski definition) is 3. The van der Waals surface area contributed by atoms with E-state index < -0.39 is 18.1 Å². The zero-order chi connectivity index (χ0) is 24.9. The van der Waals surface area contributed by atoms with Gasteiger partial charge in [0.2, 0.25) is 5.91 Å². The zero-order valence-electron chi connectivity index (χ0n) is 19.7. The molecule has 1 aliphatic rings. The third-order valence-electron chi connectivity index (χ3n) is 6.14. The van der Waals surface area contributed by atoms with Crippen molar-refractivity contribution in [3.05, 3.63) is 89.5 Å². The van der Waals surface area contributed by atoms with Crippen molar-refractivity contribution in [2.45, 2.75) is 32.2 Å². The Hall–Kier alpha value is -4.13. The van der Waals surface area contributed by atoms with Crippen LogP contribution >= 0.6 is 0 Å². The molecule has 0 saturated heterocycles. The van der Waals surface area contributed by atoms with Gasteiger partial charge in [0.1, 0.15) is 12.6 Å². The second-order valence-corrected chi connectivity index (χ2v) is 8.95.